The monoisotopic (exact) mass is 361 g/mol. The van der Waals surface area contributed by atoms with Crippen LogP contribution in [-0.2, 0) is 25.5 Å². The van der Waals surface area contributed by atoms with Gasteiger partial charge < -0.3 is 19.9 Å². The number of aliphatic carboxylic acids is 1. The van der Waals surface area contributed by atoms with E-state index in [2.05, 4.69) is 11.4 Å². The summed E-state index contributed by atoms with van der Waals surface area (Å²) in [6.45, 7) is 12.3. The molecular weight excluding hydrogens is 330 g/mol. The first-order chi connectivity index (χ1) is 11.4. The van der Waals surface area contributed by atoms with Gasteiger partial charge >= 0.3 is 5.97 Å². The molecule has 1 fully saturated rings. The van der Waals surface area contributed by atoms with Gasteiger partial charge in [0.2, 0.25) is 6.41 Å². The molecule has 2 N–H and O–H groups in total. The van der Waals surface area contributed by atoms with E-state index in [0.717, 1.165) is 19.4 Å². The van der Waals surface area contributed by atoms with Crippen molar-refractivity contribution in [2.24, 2.45) is 0 Å². The zero-order valence-corrected chi connectivity index (χ0v) is 16.3. The predicted octanol–water partition coefficient (Wildman–Crippen LogP) is 3.31. The van der Waals surface area contributed by atoms with Crippen LogP contribution in [-0.4, -0.2) is 42.5 Å². The van der Waals surface area contributed by atoms with Gasteiger partial charge in [-0.15, -0.1) is 11.3 Å². The van der Waals surface area contributed by atoms with Crippen LogP contribution in [0.5, 0.6) is 0 Å². The molecule has 140 valence electrons. The summed E-state index contributed by atoms with van der Waals surface area (Å²) in [6, 6.07) is 4.08. The van der Waals surface area contributed by atoms with E-state index in [1.54, 1.807) is 25.2 Å². The fraction of sp³-hybridized carbons (Fsp3) is 0.647. The number of carbonyl (C=O) groups excluding carboxylic acids is 1. The second-order valence-corrected chi connectivity index (χ2v) is 5.59. The number of thiophene rings is 1. The van der Waals surface area contributed by atoms with Crippen LogP contribution in [0.15, 0.2) is 17.5 Å². The molecule has 1 aliphatic rings. The Hall–Kier alpha value is -1.44. The molecule has 0 radical (unpaired) electrons. The number of amides is 1. The van der Waals surface area contributed by atoms with Crippen molar-refractivity contribution in [1.29, 1.82) is 0 Å². The highest BCUT2D eigenvalue weighted by molar-refractivity contribution is 7.09. The van der Waals surface area contributed by atoms with Gasteiger partial charge in [0.15, 0.2) is 11.9 Å². The number of carboxylic acids is 1. The van der Waals surface area contributed by atoms with Gasteiger partial charge in [-0.1, -0.05) is 33.8 Å². The predicted molar refractivity (Wildman–Crippen MR) is 97.3 cm³/mol. The van der Waals surface area contributed by atoms with E-state index in [-0.39, 0.29) is 6.61 Å². The Bertz CT molecular complexity index is 421. The normalized spacial score (nSPS) is 17.0. The summed E-state index contributed by atoms with van der Waals surface area (Å²) in [6.07, 6.45) is 0.874. The quantitative estimate of drug-likeness (QED) is 0.621. The highest BCUT2D eigenvalue weighted by Gasteiger charge is 2.36. The first kappa shape index (κ1) is 24.8. The molecule has 0 aromatic carbocycles. The molecule has 0 bridgehead atoms. The van der Waals surface area contributed by atoms with Crippen molar-refractivity contribution >= 4 is 23.7 Å². The molecule has 2 heterocycles. The Morgan fingerprint density at radius 1 is 1.42 bits per heavy atom. The van der Waals surface area contributed by atoms with E-state index in [9.17, 15) is 9.59 Å². The van der Waals surface area contributed by atoms with Crippen molar-refractivity contribution in [1.82, 2.24) is 5.32 Å². The lowest BCUT2D eigenvalue weighted by Crippen LogP contribution is -2.26. The average Bonchev–Trinajstić information content (AvgIpc) is 3.21. The van der Waals surface area contributed by atoms with E-state index in [0.29, 0.717) is 0 Å². The van der Waals surface area contributed by atoms with Crippen LogP contribution in [0.3, 0.4) is 0 Å². The number of carboxylic acid groups (broad SMARTS) is 1. The molecule has 0 saturated carbocycles. The summed E-state index contributed by atoms with van der Waals surface area (Å²) in [4.78, 5) is 21.4. The van der Waals surface area contributed by atoms with E-state index in [4.69, 9.17) is 14.6 Å². The average molecular weight is 362 g/mol. The molecular formula is C17H31NO5S. The maximum atomic E-state index is 10.3. The number of hydrogen-bond donors (Lipinski definition) is 2. The maximum Gasteiger partial charge on any atom is 0.335 e. The highest BCUT2D eigenvalue weighted by atomic mass is 32.1. The van der Waals surface area contributed by atoms with Gasteiger partial charge in [0.1, 0.15) is 0 Å². The summed E-state index contributed by atoms with van der Waals surface area (Å²) in [5.41, 5.74) is 0. The topological polar surface area (TPSA) is 84.9 Å². The lowest BCUT2D eigenvalue weighted by molar-refractivity contribution is -0.164. The third-order valence-corrected chi connectivity index (χ3v) is 3.40. The first-order valence-electron chi connectivity index (χ1n) is 8.18. The van der Waals surface area contributed by atoms with Gasteiger partial charge in [0.25, 0.3) is 0 Å². The van der Waals surface area contributed by atoms with Gasteiger partial charge in [0.05, 0.1) is 6.61 Å². The summed E-state index contributed by atoms with van der Waals surface area (Å²) >= 11 is 1.72. The van der Waals surface area contributed by atoms with Crippen LogP contribution in [0.1, 0.15) is 46.4 Å². The molecule has 0 spiro atoms. The van der Waals surface area contributed by atoms with Crippen LogP contribution in [0, 0.1) is 0 Å². The second-order valence-electron chi connectivity index (χ2n) is 4.56. The Morgan fingerprint density at radius 2 is 2.04 bits per heavy atom. The fourth-order valence-corrected chi connectivity index (χ4v) is 2.23. The first-order valence-corrected chi connectivity index (χ1v) is 9.06. The number of rotatable bonds is 5. The molecule has 1 aromatic rings. The third kappa shape index (κ3) is 12.0. The van der Waals surface area contributed by atoms with Gasteiger partial charge in [-0.05, 0) is 31.7 Å². The molecule has 1 saturated heterocycles. The maximum absolute atomic E-state index is 10.3. The van der Waals surface area contributed by atoms with Crippen molar-refractivity contribution in [3.8, 4) is 0 Å². The van der Waals surface area contributed by atoms with Gasteiger partial charge in [-0.3, -0.25) is 4.79 Å². The minimum atomic E-state index is -0.967. The van der Waals surface area contributed by atoms with E-state index in [1.165, 1.54) is 4.88 Å². The Labute approximate surface area is 149 Å². The van der Waals surface area contributed by atoms with E-state index < -0.39 is 17.9 Å². The molecule has 0 aliphatic carbocycles. The summed E-state index contributed by atoms with van der Waals surface area (Å²) < 4.78 is 10.00. The van der Waals surface area contributed by atoms with Gasteiger partial charge in [-0.2, -0.15) is 0 Å². The third-order valence-electron chi connectivity index (χ3n) is 2.46. The Morgan fingerprint density at radius 3 is 2.38 bits per heavy atom. The van der Waals surface area contributed by atoms with Gasteiger partial charge in [-0.25, -0.2) is 4.79 Å². The Balaban J connectivity index is 0. The van der Waals surface area contributed by atoms with Crippen molar-refractivity contribution < 1.29 is 24.2 Å². The van der Waals surface area contributed by atoms with E-state index in [1.807, 2.05) is 39.1 Å². The molecule has 7 heteroatoms. The summed E-state index contributed by atoms with van der Waals surface area (Å²) in [7, 11) is 0. The molecule has 2 rings (SSSR count). The van der Waals surface area contributed by atoms with Crippen LogP contribution >= 0.6 is 11.3 Å². The number of nitrogens with one attached hydrogen (secondary N) is 1. The molecule has 1 amide bonds. The van der Waals surface area contributed by atoms with Crippen molar-refractivity contribution in [2.75, 3.05) is 13.2 Å². The van der Waals surface area contributed by atoms with Crippen LogP contribution in [0.25, 0.3) is 0 Å². The van der Waals surface area contributed by atoms with Crippen molar-refractivity contribution in [2.45, 2.75) is 59.9 Å². The smallest absolute Gasteiger partial charge is 0.335 e. The highest BCUT2D eigenvalue weighted by Crippen LogP contribution is 2.21. The zero-order valence-electron chi connectivity index (χ0n) is 15.5. The molecule has 1 atom stereocenters. The zero-order chi connectivity index (χ0) is 19.0. The Kier molecular flexibility index (Phi) is 15.6. The molecule has 0 unspecified atom stereocenters. The lowest BCUT2D eigenvalue weighted by Gasteiger charge is -2.15. The molecule has 1 aliphatic heterocycles. The SMILES string of the molecule is CC.CC.CC1(C)OC[C@H](C(=O)O)O1.O=CNCCc1cccs1. The molecule has 1 aromatic heterocycles. The summed E-state index contributed by atoms with van der Waals surface area (Å²) in [5.74, 6) is -1.70. The number of hydrogen-bond acceptors (Lipinski definition) is 5. The van der Waals surface area contributed by atoms with Crippen molar-refractivity contribution in [3.05, 3.63) is 22.4 Å². The largest absolute Gasteiger partial charge is 0.479 e. The molecule has 24 heavy (non-hydrogen) atoms. The standard InChI is InChI=1S/C7H9NOS.C6H10O4.2C2H6/c9-6-8-4-3-7-2-1-5-10-7;1-6(2)9-3-4(10-6)5(7)8;2*1-2/h1-2,5-6H,3-4H2,(H,8,9);4H,3H2,1-2H3,(H,7,8);2*1-2H3/t;4-;;/m.1../s1. The number of carbonyl (C=O) groups is 2. The molecule has 6 nitrogen and oxygen atoms in total. The van der Waals surface area contributed by atoms with Crippen molar-refractivity contribution in [3.63, 3.8) is 0 Å². The van der Waals surface area contributed by atoms with Crippen LogP contribution in [0.2, 0.25) is 0 Å². The van der Waals surface area contributed by atoms with Crippen LogP contribution < -0.4 is 5.32 Å². The summed E-state index contributed by atoms with van der Waals surface area (Å²) in [5, 5.41) is 13.1. The second kappa shape index (κ2) is 15.1. The lowest BCUT2D eigenvalue weighted by atomic mass is 10.3. The van der Waals surface area contributed by atoms with E-state index >= 15 is 0 Å². The minimum Gasteiger partial charge on any atom is -0.479 e. The number of ether oxygens (including phenoxy) is 2. The fourth-order valence-electron chi connectivity index (χ4n) is 1.52. The van der Waals surface area contributed by atoms with Gasteiger partial charge in [0, 0.05) is 11.4 Å². The minimum absolute atomic E-state index is 0.141. The van der Waals surface area contributed by atoms with Crippen LogP contribution in [0.4, 0.5) is 0 Å².